The van der Waals surface area contributed by atoms with Crippen LogP contribution in [0.25, 0.3) is 0 Å². The van der Waals surface area contributed by atoms with Crippen LogP contribution in [-0.4, -0.2) is 45.9 Å². The monoisotopic (exact) mass is 309 g/mol. The molecule has 0 spiro atoms. The largest absolute Gasteiger partial charge is 0.354 e. The fourth-order valence-electron chi connectivity index (χ4n) is 2.46. The highest BCUT2D eigenvalue weighted by atomic mass is 32.2. The van der Waals surface area contributed by atoms with Crippen molar-refractivity contribution in [3.8, 4) is 0 Å². The maximum Gasteiger partial charge on any atom is 0.271 e. The van der Waals surface area contributed by atoms with Crippen molar-refractivity contribution in [2.45, 2.75) is 39.7 Å². The number of nitrogens with one attached hydrogen (secondary N) is 2. The number of hydrogen-bond donors (Lipinski definition) is 2. The van der Waals surface area contributed by atoms with E-state index in [0.717, 1.165) is 24.1 Å². The SMILES string of the molecule is CCCCNC(=O)[C@H]1CSCN1C(=O)c1[nH]c(C)cc1C. The van der Waals surface area contributed by atoms with E-state index in [2.05, 4.69) is 17.2 Å². The Labute approximate surface area is 129 Å². The number of unbranched alkanes of at least 4 members (excludes halogenated alkanes) is 1. The van der Waals surface area contributed by atoms with Gasteiger partial charge in [0, 0.05) is 18.0 Å². The van der Waals surface area contributed by atoms with Crippen molar-refractivity contribution in [1.29, 1.82) is 0 Å². The van der Waals surface area contributed by atoms with Crippen molar-refractivity contribution in [3.63, 3.8) is 0 Å². The summed E-state index contributed by atoms with van der Waals surface area (Å²) >= 11 is 1.62. The van der Waals surface area contributed by atoms with Crippen LogP contribution in [0.3, 0.4) is 0 Å². The lowest BCUT2D eigenvalue weighted by Crippen LogP contribution is -2.47. The Hall–Kier alpha value is -1.43. The third kappa shape index (κ3) is 3.61. The number of H-pyrrole nitrogens is 1. The van der Waals surface area contributed by atoms with Crippen molar-refractivity contribution < 1.29 is 9.59 Å². The molecular weight excluding hydrogens is 286 g/mol. The second-order valence-electron chi connectivity index (χ2n) is 5.45. The molecule has 116 valence electrons. The topological polar surface area (TPSA) is 65.2 Å². The normalized spacial score (nSPS) is 18.0. The van der Waals surface area contributed by atoms with E-state index >= 15 is 0 Å². The number of nitrogens with zero attached hydrogens (tertiary/aromatic N) is 1. The van der Waals surface area contributed by atoms with Gasteiger partial charge in [-0.25, -0.2) is 0 Å². The second-order valence-corrected chi connectivity index (χ2v) is 6.45. The zero-order valence-corrected chi connectivity index (χ0v) is 13.7. The number of aromatic amines is 1. The van der Waals surface area contributed by atoms with Gasteiger partial charge in [-0.3, -0.25) is 9.59 Å². The molecule has 1 fully saturated rings. The first-order valence-corrected chi connectivity index (χ1v) is 8.52. The second kappa shape index (κ2) is 7.02. The minimum absolute atomic E-state index is 0.0391. The zero-order chi connectivity index (χ0) is 15.4. The van der Waals surface area contributed by atoms with Gasteiger partial charge in [0.15, 0.2) is 0 Å². The number of aryl methyl sites for hydroxylation is 2. The van der Waals surface area contributed by atoms with Gasteiger partial charge < -0.3 is 15.2 Å². The summed E-state index contributed by atoms with van der Waals surface area (Å²) in [4.78, 5) is 29.6. The highest BCUT2D eigenvalue weighted by molar-refractivity contribution is 7.99. The van der Waals surface area contributed by atoms with E-state index in [9.17, 15) is 9.59 Å². The van der Waals surface area contributed by atoms with Gasteiger partial charge in [-0.2, -0.15) is 0 Å². The van der Waals surface area contributed by atoms with Crippen LogP contribution in [0.15, 0.2) is 6.07 Å². The van der Waals surface area contributed by atoms with Crippen molar-refractivity contribution in [2.75, 3.05) is 18.2 Å². The van der Waals surface area contributed by atoms with Gasteiger partial charge in [-0.1, -0.05) is 13.3 Å². The molecule has 0 radical (unpaired) electrons. The predicted molar refractivity (Wildman–Crippen MR) is 85.5 cm³/mol. The summed E-state index contributed by atoms with van der Waals surface area (Å²) in [6, 6.07) is 1.59. The molecule has 6 heteroatoms. The first-order valence-electron chi connectivity index (χ1n) is 7.37. The van der Waals surface area contributed by atoms with Gasteiger partial charge in [0.25, 0.3) is 5.91 Å². The molecule has 0 aliphatic carbocycles. The summed E-state index contributed by atoms with van der Waals surface area (Å²) in [7, 11) is 0. The highest BCUT2D eigenvalue weighted by Gasteiger charge is 2.35. The molecule has 21 heavy (non-hydrogen) atoms. The molecule has 2 amide bonds. The number of hydrogen-bond acceptors (Lipinski definition) is 3. The molecule has 1 aliphatic heterocycles. The molecule has 0 aromatic carbocycles. The minimum atomic E-state index is -0.359. The molecule has 2 N–H and O–H groups in total. The fraction of sp³-hybridized carbons (Fsp3) is 0.600. The van der Waals surface area contributed by atoms with Gasteiger partial charge >= 0.3 is 0 Å². The van der Waals surface area contributed by atoms with E-state index in [4.69, 9.17) is 0 Å². The average molecular weight is 309 g/mol. The third-order valence-corrected chi connectivity index (χ3v) is 4.65. The standard InChI is InChI=1S/C15H23N3O2S/c1-4-5-6-16-14(19)12-8-21-9-18(12)15(20)13-10(2)7-11(3)17-13/h7,12,17H,4-6,8-9H2,1-3H3,(H,16,19)/t12-/m1/s1. The molecule has 1 atom stereocenters. The number of carbonyl (C=O) groups is 2. The summed E-state index contributed by atoms with van der Waals surface area (Å²) in [5.41, 5.74) is 2.49. The van der Waals surface area contributed by atoms with E-state index < -0.39 is 0 Å². The van der Waals surface area contributed by atoms with Gasteiger partial charge in [0.05, 0.1) is 5.88 Å². The molecular formula is C15H23N3O2S. The van der Waals surface area contributed by atoms with Gasteiger partial charge in [-0.05, 0) is 31.9 Å². The smallest absolute Gasteiger partial charge is 0.271 e. The molecule has 2 heterocycles. The Morgan fingerprint density at radius 2 is 2.24 bits per heavy atom. The zero-order valence-electron chi connectivity index (χ0n) is 12.9. The number of thioether (sulfide) groups is 1. The molecule has 0 bridgehead atoms. The summed E-state index contributed by atoms with van der Waals surface area (Å²) < 4.78 is 0. The number of carbonyl (C=O) groups excluding carboxylic acids is 2. The van der Waals surface area contributed by atoms with Crippen LogP contribution >= 0.6 is 11.8 Å². The van der Waals surface area contributed by atoms with E-state index in [1.54, 1.807) is 16.7 Å². The number of rotatable bonds is 5. The van der Waals surface area contributed by atoms with Crippen LogP contribution in [0.1, 0.15) is 41.5 Å². The van der Waals surface area contributed by atoms with Crippen LogP contribution in [0.2, 0.25) is 0 Å². The van der Waals surface area contributed by atoms with Crippen molar-refractivity contribution in [2.24, 2.45) is 0 Å². The quantitative estimate of drug-likeness (QED) is 0.818. The van der Waals surface area contributed by atoms with Crippen molar-refractivity contribution in [3.05, 3.63) is 23.0 Å². The van der Waals surface area contributed by atoms with Gasteiger partial charge in [0.1, 0.15) is 11.7 Å². The third-order valence-electron chi connectivity index (χ3n) is 3.64. The van der Waals surface area contributed by atoms with Gasteiger partial charge in [-0.15, -0.1) is 11.8 Å². The molecule has 1 aliphatic rings. The van der Waals surface area contributed by atoms with Crippen molar-refractivity contribution >= 4 is 23.6 Å². The first kappa shape index (κ1) is 15.9. The molecule has 0 unspecified atom stereocenters. The summed E-state index contributed by atoms with van der Waals surface area (Å²) in [5.74, 6) is 1.12. The predicted octanol–water partition coefficient (Wildman–Crippen LogP) is 2.06. The number of amides is 2. The maximum absolute atomic E-state index is 12.6. The van der Waals surface area contributed by atoms with Crippen LogP contribution in [0.5, 0.6) is 0 Å². The van der Waals surface area contributed by atoms with E-state index in [-0.39, 0.29) is 17.9 Å². The van der Waals surface area contributed by atoms with Crippen LogP contribution in [0.4, 0.5) is 0 Å². The van der Waals surface area contributed by atoms with Crippen LogP contribution in [0, 0.1) is 13.8 Å². The minimum Gasteiger partial charge on any atom is -0.354 e. The summed E-state index contributed by atoms with van der Waals surface area (Å²) in [6.45, 7) is 6.61. The Morgan fingerprint density at radius 3 is 2.86 bits per heavy atom. The molecule has 1 aromatic rings. The summed E-state index contributed by atoms with van der Waals surface area (Å²) in [5, 5.41) is 2.93. The Bertz CT molecular complexity index is 527. The first-order chi connectivity index (χ1) is 10.0. The molecule has 2 rings (SSSR count). The Balaban J connectivity index is 2.06. The lowest BCUT2D eigenvalue weighted by atomic mass is 10.2. The van der Waals surface area contributed by atoms with Crippen LogP contribution < -0.4 is 5.32 Å². The Kier molecular flexibility index (Phi) is 5.33. The lowest BCUT2D eigenvalue weighted by molar-refractivity contribution is -0.124. The molecule has 1 saturated heterocycles. The van der Waals surface area contributed by atoms with E-state index in [1.165, 1.54) is 0 Å². The van der Waals surface area contributed by atoms with Crippen LogP contribution in [-0.2, 0) is 4.79 Å². The average Bonchev–Trinajstić information content (AvgIpc) is 3.04. The molecule has 1 aromatic heterocycles. The fourth-order valence-corrected chi connectivity index (χ4v) is 3.61. The summed E-state index contributed by atoms with van der Waals surface area (Å²) in [6.07, 6.45) is 2.01. The van der Waals surface area contributed by atoms with Crippen molar-refractivity contribution in [1.82, 2.24) is 15.2 Å². The number of aromatic nitrogens is 1. The maximum atomic E-state index is 12.6. The van der Waals surface area contributed by atoms with Gasteiger partial charge in [0.2, 0.25) is 5.91 Å². The molecule has 5 nitrogen and oxygen atoms in total. The van der Waals surface area contributed by atoms with E-state index in [1.807, 2.05) is 19.9 Å². The Morgan fingerprint density at radius 1 is 1.48 bits per heavy atom. The molecule has 0 saturated carbocycles. The lowest BCUT2D eigenvalue weighted by Gasteiger charge is -2.23. The van der Waals surface area contributed by atoms with E-state index in [0.29, 0.717) is 23.9 Å². The highest BCUT2D eigenvalue weighted by Crippen LogP contribution is 2.24.